The van der Waals surface area contributed by atoms with Gasteiger partial charge in [0.1, 0.15) is 13.2 Å². The number of ether oxygens (including phenoxy) is 3. The molecule has 0 saturated carbocycles. The summed E-state index contributed by atoms with van der Waals surface area (Å²) in [6, 6.07) is 0. The zero-order chi connectivity index (χ0) is 57.1. The SMILES string of the molecule is CCCCC/C=C\C/C=C\CCCCCCCCCC(=O)OC(COC(=O)CCCCCCCCCCCCCCCCC)COC(=O)CCCCCCCCCCCCCCCCCCC/C=C\CCCCCCCCCC. The van der Waals surface area contributed by atoms with Crippen molar-refractivity contribution in [2.24, 2.45) is 0 Å². The van der Waals surface area contributed by atoms with Crippen molar-refractivity contribution in [3.63, 3.8) is 0 Å². The summed E-state index contributed by atoms with van der Waals surface area (Å²) >= 11 is 0. The molecular weight excluding hydrogens is 973 g/mol. The van der Waals surface area contributed by atoms with Gasteiger partial charge in [-0.05, 0) is 77.0 Å². The van der Waals surface area contributed by atoms with Crippen molar-refractivity contribution in [1.82, 2.24) is 0 Å². The molecular formula is C73H136O6. The van der Waals surface area contributed by atoms with E-state index in [0.717, 1.165) is 70.6 Å². The van der Waals surface area contributed by atoms with Crippen LogP contribution in [0.2, 0.25) is 0 Å². The minimum atomic E-state index is -0.774. The molecule has 0 saturated heterocycles. The van der Waals surface area contributed by atoms with Gasteiger partial charge >= 0.3 is 17.9 Å². The third kappa shape index (κ3) is 66.3. The number of hydrogen-bond acceptors (Lipinski definition) is 6. The third-order valence-electron chi connectivity index (χ3n) is 16.1. The van der Waals surface area contributed by atoms with Crippen LogP contribution in [-0.2, 0) is 28.6 Å². The van der Waals surface area contributed by atoms with E-state index in [-0.39, 0.29) is 31.1 Å². The first kappa shape index (κ1) is 76.6. The van der Waals surface area contributed by atoms with Crippen molar-refractivity contribution in [3.05, 3.63) is 36.5 Å². The number of rotatable bonds is 66. The average molecular weight is 1110 g/mol. The first-order valence-electron chi connectivity index (χ1n) is 35.5. The lowest BCUT2D eigenvalue weighted by molar-refractivity contribution is -0.167. The summed E-state index contributed by atoms with van der Waals surface area (Å²) in [6.07, 6.45) is 84.6. The van der Waals surface area contributed by atoms with E-state index >= 15 is 0 Å². The molecule has 1 unspecified atom stereocenters. The Morgan fingerprint density at radius 1 is 0.253 bits per heavy atom. The maximum atomic E-state index is 12.9. The zero-order valence-corrected chi connectivity index (χ0v) is 53.4. The first-order valence-corrected chi connectivity index (χ1v) is 35.5. The van der Waals surface area contributed by atoms with Gasteiger partial charge in [-0.25, -0.2) is 0 Å². The fraction of sp³-hybridized carbons (Fsp3) is 0.877. The Morgan fingerprint density at radius 3 is 0.734 bits per heavy atom. The van der Waals surface area contributed by atoms with Gasteiger partial charge in [0.25, 0.3) is 0 Å². The van der Waals surface area contributed by atoms with Crippen LogP contribution in [0, 0.1) is 0 Å². The van der Waals surface area contributed by atoms with E-state index in [9.17, 15) is 14.4 Å². The summed E-state index contributed by atoms with van der Waals surface area (Å²) in [6.45, 7) is 6.68. The van der Waals surface area contributed by atoms with E-state index in [1.165, 1.54) is 283 Å². The molecule has 0 aliphatic rings. The van der Waals surface area contributed by atoms with E-state index in [4.69, 9.17) is 14.2 Å². The second kappa shape index (κ2) is 68.1. The Kier molecular flexibility index (Phi) is 66.1. The van der Waals surface area contributed by atoms with E-state index in [2.05, 4.69) is 57.2 Å². The van der Waals surface area contributed by atoms with E-state index in [1.807, 2.05) is 0 Å². The molecule has 0 N–H and O–H groups in total. The second-order valence-electron chi connectivity index (χ2n) is 24.1. The van der Waals surface area contributed by atoms with Gasteiger partial charge in [-0.2, -0.15) is 0 Å². The number of hydrogen-bond donors (Lipinski definition) is 0. The van der Waals surface area contributed by atoms with Crippen molar-refractivity contribution < 1.29 is 28.6 Å². The fourth-order valence-corrected chi connectivity index (χ4v) is 10.8. The third-order valence-corrected chi connectivity index (χ3v) is 16.1. The molecule has 0 amide bonds. The van der Waals surface area contributed by atoms with Gasteiger partial charge < -0.3 is 14.2 Å². The van der Waals surface area contributed by atoms with Crippen LogP contribution in [0.3, 0.4) is 0 Å². The summed E-state index contributed by atoms with van der Waals surface area (Å²) < 4.78 is 17.0. The average Bonchev–Trinajstić information content (AvgIpc) is 3.45. The first-order chi connectivity index (χ1) is 39.0. The summed E-state index contributed by atoms with van der Waals surface area (Å²) in [7, 11) is 0. The lowest BCUT2D eigenvalue weighted by Crippen LogP contribution is -2.30. The van der Waals surface area contributed by atoms with Crippen molar-refractivity contribution in [3.8, 4) is 0 Å². The molecule has 0 heterocycles. The van der Waals surface area contributed by atoms with Crippen LogP contribution in [0.1, 0.15) is 393 Å². The molecule has 0 bridgehead atoms. The lowest BCUT2D eigenvalue weighted by Gasteiger charge is -2.18. The number of esters is 3. The predicted octanol–water partition coefficient (Wildman–Crippen LogP) is 24.3. The Morgan fingerprint density at radius 2 is 0.456 bits per heavy atom. The van der Waals surface area contributed by atoms with Gasteiger partial charge in [-0.3, -0.25) is 14.4 Å². The highest BCUT2D eigenvalue weighted by Gasteiger charge is 2.19. The van der Waals surface area contributed by atoms with Crippen LogP contribution < -0.4 is 0 Å². The highest BCUT2D eigenvalue weighted by atomic mass is 16.6. The van der Waals surface area contributed by atoms with Crippen LogP contribution in [0.5, 0.6) is 0 Å². The van der Waals surface area contributed by atoms with E-state index in [1.54, 1.807) is 0 Å². The molecule has 0 aliphatic heterocycles. The largest absolute Gasteiger partial charge is 0.462 e. The van der Waals surface area contributed by atoms with Gasteiger partial charge in [0.05, 0.1) is 0 Å². The molecule has 0 aromatic heterocycles. The Hall–Kier alpha value is -2.37. The summed E-state index contributed by atoms with van der Waals surface area (Å²) in [5.41, 5.74) is 0. The molecule has 0 fully saturated rings. The molecule has 1 atom stereocenters. The highest BCUT2D eigenvalue weighted by Crippen LogP contribution is 2.18. The molecule has 6 nitrogen and oxygen atoms in total. The maximum absolute atomic E-state index is 12.9. The normalized spacial score (nSPS) is 12.2. The Balaban J connectivity index is 4.20. The van der Waals surface area contributed by atoms with Crippen molar-refractivity contribution in [2.75, 3.05) is 13.2 Å². The fourth-order valence-electron chi connectivity index (χ4n) is 10.8. The Bertz CT molecular complexity index is 1320. The van der Waals surface area contributed by atoms with Crippen LogP contribution in [0.4, 0.5) is 0 Å². The monoisotopic (exact) mass is 1110 g/mol. The Labute approximate surface area is 493 Å². The van der Waals surface area contributed by atoms with E-state index < -0.39 is 6.10 Å². The number of carbonyl (C=O) groups excluding carboxylic acids is 3. The molecule has 0 aliphatic carbocycles. The minimum Gasteiger partial charge on any atom is -0.462 e. The standard InChI is InChI=1S/C73H136O6/c1-4-7-10-13-16-19-22-25-28-30-31-32-33-34-35-36-37-38-39-40-41-43-45-48-51-54-57-60-63-66-72(75)78-69-70(68-77-71(74)65-62-59-56-53-50-47-44-27-24-21-18-15-12-9-6-3)79-73(76)67-64-61-58-55-52-49-46-42-29-26-23-20-17-14-11-8-5-2/h17,20,26,29-31,70H,4-16,18-19,21-25,27-28,32-69H2,1-3H3/b20-17-,29-26-,31-30-. The number of allylic oxidation sites excluding steroid dienone is 6. The van der Waals surface area contributed by atoms with Gasteiger partial charge in [0, 0.05) is 19.3 Å². The second-order valence-corrected chi connectivity index (χ2v) is 24.1. The lowest BCUT2D eigenvalue weighted by atomic mass is 10.0. The number of carbonyl (C=O) groups is 3. The van der Waals surface area contributed by atoms with Gasteiger partial charge in [-0.1, -0.05) is 333 Å². The molecule has 6 heteroatoms. The van der Waals surface area contributed by atoms with Crippen molar-refractivity contribution in [2.45, 2.75) is 399 Å². The highest BCUT2D eigenvalue weighted by molar-refractivity contribution is 5.71. The predicted molar refractivity (Wildman–Crippen MR) is 344 cm³/mol. The summed E-state index contributed by atoms with van der Waals surface area (Å²) in [5.74, 6) is -0.848. The van der Waals surface area contributed by atoms with Crippen molar-refractivity contribution in [1.29, 1.82) is 0 Å². The van der Waals surface area contributed by atoms with Crippen LogP contribution >= 0.6 is 0 Å². The smallest absolute Gasteiger partial charge is 0.306 e. The van der Waals surface area contributed by atoms with Gasteiger partial charge in [-0.15, -0.1) is 0 Å². The molecule has 79 heavy (non-hydrogen) atoms. The molecule has 464 valence electrons. The molecule has 0 rings (SSSR count). The summed E-state index contributed by atoms with van der Waals surface area (Å²) in [4.78, 5) is 38.4. The molecule has 0 radical (unpaired) electrons. The molecule has 0 spiro atoms. The van der Waals surface area contributed by atoms with Crippen LogP contribution in [0.15, 0.2) is 36.5 Å². The van der Waals surface area contributed by atoms with Crippen LogP contribution in [-0.4, -0.2) is 37.2 Å². The molecule has 0 aromatic rings. The topological polar surface area (TPSA) is 78.9 Å². The molecule has 0 aromatic carbocycles. The number of unbranched alkanes of at least 4 members (excludes halogenated alkanes) is 49. The summed E-state index contributed by atoms with van der Waals surface area (Å²) in [5, 5.41) is 0. The van der Waals surface area contributed by atoms with Crippen LogP contribution in [0.25, 0.3) is 0 Å². The quantitative estimate of drug-likeness (QED) is 0.0261. The van der Waals surface area contributed by atoms with Gasteiger partial charge in [0.2, 0.25) is 0 Å². The van der Waals surface area contributed by atoms with E-state index in [0.29, 0.717) is 19.3 Å². The maximum Gasteiger partial charge on any atom is 0.306 e. The zero-order valence-electron chi connectivity index (χ0n) is 53.4. The van der Waals surface area contributed by atoms with Crippen molar-refractivity contribution >= 4 is 17.9 Å². The van der Waals surface area contributed by atoms with Gasteiger partial charge in [0.15, 0.2) is 6.10 Å². The minimum absolute atomic E-state index is 0.0699.